The molecule has 0 fully saturated rings. The Hall–Kier alpha value is -0.660. The highest BCUT2D eigenvalue weighted by Crippen LogP contribution is 2.22. The van der Waals surface area contributed by atoms with Gasteiger partial charge in [-0.05, 0) is 13.3 Å². The molecular formula is C9H16FN. The molecule has 0 saturated heterocycles. The number of nitrogens with zero attached hydrogens (tertiary/aromatic N) is 1. The highest BCUT2D eigenvalue weighted by molar-refractivity contribution is 5.44. The largest absolute Gasteiger partial charge is 0.264 e. The fourth-order valence-electron chi connectivity index (χ4n) is 0.928. The molecular weight excluding hydrogens is 141 g/mol. The Kier molecular flexibility index (Phi) is 4.75. The fraction of sp³-hybridized carbons (Fsp3) is 0.667. The van der Waals surface area contributed by atoms with Crippen LogP contribution in [-0.2, 0) is 0 Å². The summed E-state index contributed by atoms with van der Waals surface area (Å²) in [6, 6.07) is 0. The van der Waals surface area contributed by atoms with Gasteiger partial charge in [-0.1, -0.05) is 26.0 Å². The van der Waals surface area contributed by atoms with Crippen molar-refractivity contribution < 1.29 is 4.39 Å². The number of allylic oxidation sites excluding steroid dienone is 1. The second-order valence-electron chi connectivity index (χ2n) is 2.95. The van der Waals surface area contributed by atoms with Crippen LogP contribution in [0.4, 0.5) is 4.39 Å². The van der Waals surface area contributed by atoms with Crippen molar-refractivity contribution in [2.75, 3.05) is 6.54 Å². The Labute approximate surface area is 68.0 Å². The van der Waals surface area contributed by atoms with E-state index in [9.17, 15) is 4.39 Å². The minimum atomic E-state index is 0.0251. The normalized spacial score (nSPS) is 17.8. The number of halogens is 1. The molecule has 0 heterocycles. The Morgan fingerprint density at radius 2 is 2.18 bits per heavy atom. The molecule has 0 aliphatic carbocycles. The molecule has 0 aliphatic rings. The first-order valence-electron chi connectivity index (χ1n) is 3.91. The van der Waals surface area contributed by atoms with E-state index in [4.69, 9.17) is 0 Å². The zero-order valence-corrected chi connectivity index (χ0v) is 7.47. The van der Waals surface area contributed by atoms with E-state index < -0.39 is 0 Å². The summed E-state index contributed by atoms with van der Waals surface area (Å²) < 4.78 is 11.6. The number of rotatable bonds is 4. The topological polar surface area (TPSA) is 12.4 Å². The molecule has 0 aromatic carbocycles. The molecule has 0 spiro atoms. The van der Waals surface area contributed by atoms with Gasteiger partial charge in [0.1, 0.15) is 0 Å². The van der Waals surface area contributed by atoms with Crippen molar-refractivity contribution in [1.82, 2.24) is 0 Å². The van der Waals surface area contributed by atoms with Crippen LogP contribution in [0.1, 0.15) is 27.2 Å². The van der Waals surface area contributed by atoms with Crippen molar-refractivity contribution in [2.24, 2.45) is 10.4 Å². The minimum absolute atomic E-state index is 0.0251. The molecule has 1 nitrogen and oxygen atoms in total. The van der Waals surface area contributed by atoms with Crippen LogP contribution in [0, 0.1) is 5.41 Å². The van der Waals surface area contributed by atoms with E-state index in [1.165, 1.54) is 0 Å². The highest BCUT2D eigenvalue weighted by atomic mass is 19.1. The van der Waals surface area contributed by atoms with Crippen molar-refractivity contribution in [3.63, 3.8) is 0 Å². The molecule has 0 unspecified atom stereocenters. The van der Waals surface area contributed by atoms with E-state index in [1.54, 1.807) is 0 Å². The number of hydrogen-bond donors (Lipinski definition) is 0. The molecule has 0 rings (SSSR count). The van der Waals surface area contributed by atoms with Gasteiger partial charge in [0, 0.05) is 5.41 Å². The lowest BCUT2D eigenvalue weighted by Gasteiger charge is -2.20. The molecule has 0 aromatic heterocycles. The summed E-state index contributed by atoms with van der Waals surface area (Å²) in [6.45, 7) is 7.02. The molecule has 0 bridgehead atoms. The Bertz CT molecular complexity index is 152. The van der Waals surface area contributed by atoms with Crippen LogP contribution in [0.15, 0.2) is 17.1 Å². The highest BCUT2D eigenvalue weighted by Gasteiger charge is 2.16. The third-order valence-corrected chi connectivity index (χ3v) is 1.90. The molecule has 11 heavy (non-hydrogen) atoms. The third kappa shape index (κ3) is 3.91. The molecule has 2 heteroatoms. The molecule has 0 aliphatic heterocycles. The van der Waals surface area contributed by atoms with Crippen LogP contribution in [0.5, 0.6) is 0 Å². The average Bonchev–Trinajstić information content (AvgIpc) is 2.02. The predicted octanol–water partition coefficient (Wildman–Crippen LogP) is 2.98. The first-order valence-corrected chi connectivity index (χ1v) is 3.91. The fourth-order valence-corrected chi connectivity index (χ4v) is 0.928. The van der Waals surface area contributed by atoms with Crippen LogP contribution >= 0.6 is 0 Å². The molecule has 0 aromatic rings. The van der Waals surface area contributed by atoms with Crippen LogP contribution < -0.4 is 0 Å². The average molecular weight is 157 g/mol. The second-order valence-corrected chi connectivity index (χ2v) is 2.95. The van der Waals surface area contributed by atoms with Crippen LogP contribution in [0.2, 0.25) is 0 Å². The molecule has 0 saturated carbocycles. The quantitative estimate of drug-likeness (QED) is 0.439. The zero-order chi connectivity index (χ0) is 8.74. The monoisotopic (exact) mass is 157 g/mol. The summed E-state index contributed by atoms with van der Waals surface area (Å²) >= 11 is 0. The maximum Gasteiger partial charge on any atom is 0.171 e. The van der Waals surface area contributed by atoms with Gasteiger partial charge in [-0.3, -0.25) is 4.99 Å². The van der Waals surface area contributed by atoms with Gasteiger partial charge < -0.3 is 0 Å². The zero-order valence-electron chi connectivity index (χ0n) is 7.47. The predicted molar refractivity (Wildman–Crippen MR) is 47.7 cm³/mol. The molecule has 0 N–H and O–H groups in total. The summed E-state index contributed by atoms with van der Waals surface area (Å²) in [5, 5.41) is 0. The van der Waals surface area contributed by atoms with E-state index in [1.807, 2.05) is 13.0 Å². The van der Waals surface area contributed by atoms with Crippen molar-refractivity contribution in [3.05, 3.63) is 12.2 Å². The smallest absolute Gasteiger partial charge is 0.171 e. The van der Waals surface area contributed by atoms with Gasteiger partial charge in [-0.2, -0.15) is 4.39 Å². The standard InChI is InChI=1S/C9H16FN/c1-4-6-9(3,5-2)7-11-8-10/h4,6,8H,5,7H2,1-3H3/b6-4-,11-8+/t9-/m0/s1. The van der Waals surface area contributed by atoms with Crippen molar-refractivity contribution in [2.45, 2.75) is 27.2 Å². The first-order chi connectivity index (χ1) is 5.18. The van der Waals surface area contributed by atoms with Gasteiger partial charge in [-0.25, -0.2) is 0 Å². The summed E-state index contributed by atoms with van der Waals surface area (Å²) in [6.07, 6.45) is 5.03. The minimum Gasteiger partial charge on any atom is -0.264 e. The Balaban J connectivity index is 4.09. The molecule has 0 radical (unpaired) electrons. The van der Waals surface area contributed by atoms with Crippen LogP contribution in [0.3, 0.4) is 0 Å². The van der Waals surface area contributed by atoms with E-state index in [0.29, 0.717) is 13.0 Å². The maximum atomic E-state index is 11.6. The van der Waals surface area contributed by atoms with Gasteiger partial charge in [-0.15, -0.1) is 0 Å². The lowest BCUT2D eigenvalue weighted by molar-refractivity contribution is 0.424. The van der Waals surface area contributed by atoms with E-state index in [0.717, 1.165) is 6.42 Å². The molecule has 64 valence electrons. The summed E-state index contributed by atoms with van der Waals surface area (Å²) in [7, 11) is 0. The first kappa shape index (κ1) is 10.3. The lowest BCUT2D eigenvalue weighted by Crippen LogP contribution is -2.15. The maximum absolute atomic E-state index is 11.6. The Morgan fingerprint density at radius 3 is 2.55 bits per heavy atom. The van der Waals surface area contributed by atoms with Gasteiger partial charge in [0.2, 0.25) is 0 Å². The second kappa shape index (κ2) is 5.05. The molecule has 1 atom stereocenters. The van der Waals surface area contributed by atoms with Crippen molar-refractivity contribution >= 4 is 6.47 Å². The third-order valence-electron chi connectivity index (χ3n) is 1.90. The Morgan fingerprint density at radius 1 is 1.55 bits per heavy atom. The molecule has 0 amide bonds. The van der Waals surface area contributed by atoms with Crippen LogP contribution in [0.25, 0.3) is 0 Å². The van der Waals surface area contributed by atoms with Crippen LogP contribution in [-0.4, -0.2) is 13.0 Å². The summed E-state index contributed by atoms with van der Waals surface area (Å²) in [5.41, 5.74) is 0.0251. The van der Waals surface area contributed by atoms with E-state index >= 15 is 0 Å². The van der Waals surface area contributed by atoms with E-state index in [-0.39, 0.29) is 5.41 Å². The van der Waals surface area contributed by atoms with E-state index in [2.05, 4.69) is 24.9 Å². The van der Waals surface area contributed by atoms with Gasteiger partial charge in [0.05, 0.1) is 6.54 Å². The van der Waals surface area contributed by atoms with Gasteiger partial charge >= 0.3 is 0 Å². The van der Waals surface area contributed by atoms with Gasteiger partial charge in [0.25, 0.3) is 0 Å². The SMILES string of the molecule is C/C=C\[C@](C)(CC)C/N=C/F. The lowest BCUT2D eigenvalue weighted by atomic mass is 9.87. The number of aliphatic imine (C=N–C) groups is 1. The van der Waals surface area contributed by atoms with Crippen molar-refractivity contribution in [3.8, 4) is 0 Å². The van der Waals surface area contributed by atoms with Crippen molar-refractivity contribution in [1.29, 1.82) is 0 Å². The summed E-state index contributed by atoms with van der Waals surface area (Å²) in [4.78, 5) is 3.59. The summed E-state index contributed by atoms with van der Waals surface area (Å²) in [5.74, 6) is 0. The number of hydrogen-bond acceptors (Lipinski definition) is 1. The van der Waals surface area contributed by atoms with Gasteiger partial charge in [0.15, 0.2) is 6.47 Å².